The van der Waals surface area contributed by atoms with Crippen LogP contribution in [0.15, 0.2) is 0 Å². The van der Waals surface area contributed by atoms with E-state index in [-0.39, 0.29) is 0 Å². The fraction of sp³-hybridized carbons (Fsp3) is 0.944. The topological polar surface area (TPSA) is 0 Å². The molecule has 0 heterocycles. The van der Waals surface area contributed by atoms with E-state index in [4.69, 9.17) is 0 Å². The van der Waals surface area contributed by atoms with Gasteiger partial charge in [-0.3, -0.25) is 0 Å². The van der Waals surface area contributed by atoms with Gasteiger partial charge in [0.15, 0.2) is 0 Å². The number of hydrogen-bond acceptors (Lipinski definition) is 0. The molecule has 101 valence electrons. The quantitative estimate of drug-likeness (QED) is 0.548. The molecule has 4 aliphatic rings. The minimum absolute atomic E-state index is 1.03. The van der Waals surface area contributed by atoms with Crippen molar-refractivity contribution in [1.82, 2.24) is 0 Å². The third-order valence-electron chi connectivity index (χ3n) is 7.08. The highest BCUT2D eigenvalue weighted by molar-refractivity contribution is 5.00. The maximum absolute atomic E-state index is 2.71. The van der Waals surface area contributed by atoms with Gasteiger partial charge in [0.25, 0.3) is 0 Å². The van der Waals surface area contributed by atoms with Gasteiger partial charge in [0.1, 0.15) is 0 Å². The van der Waals surface area contributed by atoms with Crippen LogP contribution in [0.25, 0.3) is 0 Å². The maximum atomic E-state index is 2.71. The Bertz CT molecular complexity index is 264. The van der Waals surface area contributed by atoms with Crippen LogP contribution in [-0.2, 0) is 0 Å². The lowest BCUT2D eigenvalue weighted by Gasteiger charge is -2.54. The van der Waals surface area contributed by atoms with E-state index in [2.05, 4.69) is 6.42 Å². The summed E-state index contributed by atoms with van der Waals surface area (Å²) in [6.07, 6.45) is 19.8. The SMILES string of the molecule is [CH]1CCCC2C1CCC1C3CCCCC3CCC21. The van der Waals surface area contributed by atoms with Gasteiger partial charge >= 0.3 is 0 Å². The summed E-state index contributed by atoms with van der Waals surface area (Å²) < 4.78 is 0. The molecule has 0 saturated heterocycles. The third-order valence-corrected chi connectivity index (χ3v) is 7.08. The van der Waals surface area contributed by atoms with Gasteiger partial charge < -0.3 is 0 Å². The molecule has 0 heteroatoms. The normalized spacial score (nSPS) is 52.0. The Labute approximate surface area is 113 Å². The maximum Gasteiger partial charge on any atom is -0.0352 e. The first-order chi connectivity index (χ1) is 8.93. The van der Waals surface area contributed by atoms with Crippen LogP contribution < -0.4 is 0 Å². The van der Waals surface area contributed by atoms with Crippen molar-refractivity contribution in [3.8, 4) is 0 Å². The molecule has 18 heavy (non-hydrogen) atoms. The molecule has 0 N–H and O–H groups in total. The molecule has 0 aliphatic heterocycles. The van der Waals surface area contributed by atoms with Crippen LogP contribution in [0.4, 0.5) is 0 Å². The van der Waals surface area contributed by atoms with E-state index in [0.29, 0.717) is 0 Å². The zero-order valence-corrected chi connectivity index (χ0v) is 11.8. The standard InChI is InChI=1S/C18H29/c1-3-7-15-13(5-1)9-11-18-16-8-4-2-6-14(16)10-12-17(15)18/h5,13-18H,1-4,6-12H2. The molecule has 0 aromatic carbocycles. The zero-order chi connectivity index (χ0) is 11.9. The van der Waals surface area contributed by atoms with E-state index in [1.54, 1.807) is 57.8 Å². The van der Waals surface area contributed by atoms with Crippen molar-refractivity contribution in [3.05, 3.63) is 6.42 Å². The summed E-state index contributed by atoms with van der Waals surface area (Å²) in [5, 5.41) is 0. The summed E-state index contributed by atoms with van der Waals surface area (Å²) in [5.74, 6) is 6.72. The highest BCUT2D eigenvalue weighted by atomic mass is 14.5. The predicted octanol–water partition coefficient (Wildman–Crippen LogP) is 5.23. The molecule has 0 bridgehead atoms. The van der Waals surface area contributed by atoms with Crippen molar-refractivity contribution >= 4 is 0 Å². The van der Waals surface area contributed by atoms with Crippen molar-refractivity contribution in [2.75, 3.05) is 0 Å². The Balaban J connectivity index is 1.54. The van der Waals surface area contributed by atoms with E-state index < -0.39 is 0 Å². The fourth-order valence-corrected chi connectivity index (χ4v) is 6.38. The van der Waals surface area contributed by atoms with Crippen LogP contribution in [0, 0.1) is 41.9 Å². The monoisotopic (exact) mass is 245 g/mol. The zero-order valence-electron chi connectivity index (χ0n) is 11.8. The molecular formula is C18H29. The summed E-state index contributed by atoms with van der Waals surface area (Å²) in [7, 11) is 0. The smallest absolute Gasteiger partial charge is 0.0352 e. The molecule has 0 amide bonds. The number of fused-ring (bicyclic) bond motifs is 5. The molecule has 4 rings (SSSR count). The highest BCUT2D eigenvalue weighted by Gasteiger charge is 2.47. The lowest BCUT2D eigenvalue weighted by Crippen LogP contribution is -2.45. The van der Waals surface area contributed by atoms with Gasteiger partial charge in [0, 0.05) is 0 Å². The second kappa shape index (κ2) is 4.84. The molecular weight excluding hydrogens is 216 g/mol. The van der Waals surface area contributed by atoms with E-state index in [9.17, 15) is 0 Å². The van der Waals surface area contributed by atoms with Gasteiger partial charge in [-0.15, -0.1) is 0 Å². The Morgan fingerprint density at radius 2 is 1.33 bits per heavy atom. The minimum Gasteiger partial charge on any atom is -0.0530 e. The van der Waals surface area contributed by atoms with E-state index in [1.807, 2.05) is 0 Å². The first-order valence-corrected chi connectivity index (χ1v) is 8.77. The summed E-state index contributed by atoms with van der Waals surface area (Å²) in [6.45, 7) is 0. The van der Waals surface area contributed by atoms with Gasteiger partial charge in [-0.25, -0.2) is 0 Å². The fourth-order valence-electron chi connectivity index (χ4n) is 6.38. The Kier molecular flexibility index (Phi) is 3.17. The molecule has 1 radical (unpaired) electrons. The number of hydrogen-bond donors (Lipinski definition) is 0. The van der Waals surface area contributed by atoms with Crippen LogP contribution >= 0.6 is 0 Å². The van der Waals surface area contributed by atoms with Gasteiger partial charge in [-0.2, -0.15) is 0 Å². The minimum atomic E-state index is 1.03. The molecule has 4 saturated carbocycles. The van der Waals surface area contributed by atoms with Crippen molar-refractivity contribution in [2.45, 2.75) is 70.6 Å². The predicted molar refractivity (Wildman–Crippen MR) is 76.0 cm³/mol. The van der Waals surface area contributed by atoms with Crippen molar-refractivity contribution in [2.24, 2.45) is 35.5 Å². The first kappa shape index (κ1) is 11.8. The third kappa shape index (κ3) is 1.86. The summed E-state index contributed by atoms with van der Waals surface area (Å²) in [6, 6.07) is 0. The summed E-state index contributed by atoms with van der Waals surface area (Å²) in [4.78, 5) is 0. The van der Waals surface area contributed by atoms with Crippen LogP contribution in [0.3, 0.4) is 0 Å². The molecule has 0 spiro atoms. The van der Waals surface area contributed by atoms with Crippen LogP contribution in [-0.4, -0.2) is 0 Å². The molecule has 4 aliphatic carbocycles. The van der Waals surface area contributed by atoms with Gasteiger partial charge in [0.2, 0.25) is 0 Å². The molecule has 6 unspecified atom stereocenters. The lowest BCUT2D eigenvalue weighted by atomic mass is 9.51. The van der Waals surface area contributed by atoms with Crippen molar-refractivity contribution < 1.29 is 0 Å². The van der Waals surface area contributed by atoms with Crippen LogP contribution in [0.5, 0.6) is 0 Å². The average Bonchev–Trinajstić information content (AvgIpc) is 2.46. The van der Waals surface area contributed by atoms with E-state index in [1.165, 1.54) is 12.8 Å². The highest BCUT2D eigenvalue weighted by Crippen LogP contribution is 2.56. The first-order valence-electron chi connectivity index (χ1n) is 8.77. The Morgan fingerprint density at radius 3 is 2.33 bits per heavy atom. The van der Waals surface area contributed by atoms with Crippen molar-refractivity contribution in [1.29, 1.82) is 0 Å². The summed E-state index contributed by atoms with van der Waals surface area (Å²) >= 11 is 0. The Morgan fingerprint density at radius 1 is 0.556 bits per heavy atom. The van der Waals surface area contributed by atoms with E-state index >= 15 is 0 Å². The van der Waals surface area contributed by atoms with Crippen LogP contribution in [0.2, 0.25) is 0 Å². The van der Waals surface area contributed by atoms with Crippen LogP contribution in [0.1, 0.15) is 70.6 Å². The van der Waals surface area contributed by atoms with Gasteiger partial charge in [-0.05, 0) is 86.9 Å². The van der Waals surface area contributed by atoms with E-state index in [0.717, 1.165) is 35.5 Å². The van der Waals surface area contributed by atoms with Gasteiger partial charge in [-0.1, -0.05) is 25.7 Å². The second-order valence-electron chi connectivity index (χ2n) is 7.69. The average molecular weight is 245 g/mol. The lowest BCUT2D eigenvalue weighted by molar-refractivity contribution is -0.0299. The Hall–Kier alpha value is 0. The molecule has 6 atom stereocenters. The number of rotatable bonds is 0. The summed E-state index contributed by atoms with van der Waals surface area (Å²) in [5.41, 5.74) is 0. The molecule has 4 fully saturated rings. The second-order valence-corrected chi connectivity index (χ2v) is 7.69. The largest absolute Gasteiger partial charge is 0.0530 e. The molecule has 0 aromatic heterocycles. The molecule has 0 aromatic rings. The van der Waals surface area contributed by atoms with Crippen molar-refractivity contribution in [3.63, 3.8) is 0 Å². The molecule has 0 nitrogen and oxygen atoms in total. The van der Waals surface area contributed by atoms with Gasteiger partial charge in [0.05, 0.1) is 0 Å².